The normalized spacial score (nSPS) is 10.7. The number of aryl methyl sites for hydroxylation is 2. The van der Waals surface area contributed by atoms with Crippen LogP contribution in [0.1, 0.15) is 17.0 Å². The number of benzene rings is 1. The molecule has 0 radical (unpaired) electrons. The Labute approximate surface area is 124 Å². The average Bonchev–Trinajstić information content (AvgIpc) is 2.61. The molecule has 0 spiro atoms. The lowest BCUT2D eigenvalue weighted by Crippen LogP contribution is -2.12. The number of hydrogen-bond acceptors (Lipinski definition) is 3. The van der Waals surface area contributed by atoms with Crippen LogP contribution in [0.15, 0.2) is 16.6 Å². The first-order valence-electron chi connectivity index (χ1n) is 5.83. The lowest BCUT2D eigenvalue weighted by atomic mass is 10.2. The van der Waals surface area contributed by atoms with Gasteiger partial charge in [0.15, 0.2) is 17.3 Å². The summed E-state index contributed by atoms with van der Waals surface area (Å²) in [5.41, 5.74) is 7.13. The van der Waals surface area contributed by atoms with Crippen LogP contribution in [0.25, 0.3) is 0 Å². The number of nitrogens with one attached hydrogen (secondary N) is 1. The van der Waals surface area contributed by atoms with Gasteiger partial charge in [0.1, 0.15) is 11.5 Å². The predicted molar refractivity (Wildman–Crippen MR) is 77.9 cm³/mol. The number of nitrogens with two attached hydrogens (primary N) is 1. The monoisotopic (exact) mass is 340 g/mol. The summed E-state index contributed by atoms with van der Waals surface area (Å²) in [4.78, 5) is 0. The number of nitrogens with zero attached hydrogens (tertiary/aromatic N) is 2. The molecule has 1 aromatic heterocycles. The molecular weight excluding hydrogens is 327 g/mol. The van der Waals surface area contributed by atoms with Gasteiger partial charge in [0.05, 0.1) is 10.2 Å². The van der Waals surface area contributed by atoms with Crippen molar-refractivity contribution in [2.75, 3.05) is 0 Å². The molecule has 0 saturated heterocycles. The summed E-state index contributed by atoms with van der Waals surface area (Å²) in [5.74, 6) is -0.230. The molecule has 0 aliphatic heterocycles. The van der Waals surface area contributed by atoms with E-state index in [-0.39, 0.29) is 21.6 Å². The Morgan fingerprint density at radius 1 is 1.45 bits per heavy atom. The van der Waals surface area contributed by atoms with E-state index >= 15 is 0 Å². The van der Waals surface area contributed by atoms with Gasteiger partial charge in [-0.25, -0.2) is 4.39 Å². The summed E-state index contributed by atoms with van der Waals surface area (Å²) >= 11 is 3.09. The first kappa shape index (κ1) is 14.5. The summed E-state index contributed by atoms with van der Waals surface area (Å²) in [6, 6.07) is 2.98. The van der Waals surface area contributed by atoms with Crippen LogP contribution in [-0.4, -0.2) is 15.6 Å². The molecule has 0 atom stereocenters. The number of ether oxygens (including phenoxy) is 1. The van der Waals surface area contributed by atoms with Gasteiger partial charge in [-0.05, 0) is 41.9 Å². The molecule has 2 aromatic rings. The lowest BCUT2D eigenvalue weighted by Gasteiger charge is -2.10. The SMILES string of the molecule is Cc1nn(C)c(C)c1Oc1ccc(C(=N)N)c(Br)c1F. The summed E-state index contributed by atoms with van der Waals surface area (Å²) < 4.78 is 21.6. The van der Waals surface area contributed by atoms with Crippen LogP contribution in [0, 0.1) is 25.1 Å². The smallest absolute Gasteiger partial charge is 0.180 e. The van der Waals surface area contributed by atoms with E-state index in [2.05, 4.69) is 21.0 Å². The van der Waals surface area contributed by atoms with Crippen molar-refractivity contribution in [3.8, 4) is 11.5 Å². The maximum Gasteiger partial charge on any atom is 0.180 e. The van der Waals surface area contributed by atoms with Gasteiger partial charge in [-0.1, -0.05) is 0 Å². The Morgan fingerprint density at radius 3 is 2.60 bits per heavy atom. The number of halogens is 2. The van der Waals surface area contributed by atoms with E-state index in [1.54, 1.807) is 18.7 Å². The molecule has 0 aliphatic carbocycles. The Balaban J connectivity index is 2.45. The minimum absolute atomic E-state index is 0.0566. The third-order valence-corrected chi connectivity index (χ3v) is 3.77. The Kier molecular flexibility index (Phi) is 3.80. The van der Waals surface area contributed by atoms with E-state index in [9.17, 15) is 4.39 Å². The first-order valence-corrected chi connectivity index (χ1v) is 6.62. The van der Waals surface area contributed by atoms with Crippen LogP contribution in [0.4, 0.5) is 4.39 Å². The molecule has 0 unspecified atom stereocenters. The van der Waals surface area contributed by atoms with Gasteiger partial charge in [0.2, 0.25) is 0 Å². The van der Waals surface area contributed by atoms with Crippen molar-refractivity contribution in [2.24, 2.45) is 12.8 Å². The Morgan fingerprint density at radius 2 is 2.10 bits per heavy atom. The molecule has 7 heteroatoms. The van der Waals surface area contributed by atoms with E-state index in [4.69, 9.17) is 15.9 Å². The van der Waals surface area contributed by atoms with Gasteiger partial charge in [-0.2, -0.15) is 5.10 Å². The average molecular weight is 341 g/mol. The second kappa shape index (κ2) is 5.24. The van der Waals surface area contributed by atoms with Crippen molar-refractivity contribution >= 4 is 21.8 Å². The standard InChI is InChI=1S/C13H14BrFN4O/c1-6-12(7(2)19(3)18-6)20-9-5-4-8(13(16)17)10(14)11(9)15/h4-5H,1-3H3,(H3,16,17). The molecule has 20 heavy (non-hydrogen) atoms. The van der Waals surface area contributed by atoms with Crippen LogP contribution in [0.3, 0.4) is 0 Å². The zero-order chi connectivity index (χ0) is 15.0. The Bertz CT molecular complexity index is 696. The molecule has 1 aromatic carbocycles. The zero-order valence-electron chi connectivity index (χ0n) is 11.3. The summed E-state index contributed by atoms with van der Waals surface area (Å²) in [7, 11) is 1.79. The van der Waals surface area contributed by atoms with Crippen LogP contribution in [0.5, 0.6) is 11.5 Å². The van der Waals surface area contributed by atoms with Crippen molar-refractivity contribution in [3.05, 3.63) is 39.4 Å². The highest BCUT2D eigenvalue weighted by Gasteiger charge is 2.18. The first-order chi connectivity index (χ1) is 9.32. The van der Waals surface area contributed by atoms with Crippen molar-refractivity contribution in [1.29, 1.82) is 5.41 Å². The molecule has 0 saturated carbocycles. The number of rotatable bonds is 3. The molecule has 3 N–H and O–H groups in total. The van der Waals surface area contributed by atoms with E-state index < -0.39 is 5.82 Å². The fraction of sp³-hybridized carbons (Fsp3) is 0.231. The van der Waals surface area contributed by atoms with Crippen molar-refractivity contribution < 1.29 is 9.13 Å². The number of hydrogen-bond donors (Lipinski definition) is 2. The molecule has 1 heterocycles. The number of nitrogen functional groups attached to an aromatic ring is 1. The molecule has 0 bridgehead atoms. The largest absolute Gasteiger partial charge is 0.450 e. The second-order valence-corrected chi connectivity index (χ2v) is 5.17. The van der Waals surface area contributed by atoms with Crippen LogP contribution in [-0.2, 0) is 7.05 Å². The topological polar surface area (TPSA) is 76.9 Å². The summed E-state index contributed by atoms with van der Waals surface area (Å²) in [6.45, 7) is 3.63. The number of amidine groups is 1. The van der Waals surface area contributed by atoms with E-state index in [1.807, 2.05) is 6.92 Å². The van der Waals surface area contributed by atoms with E-state index in [0.717, 1.165) is 5.69 Å². The maximum absolute atomic E-state index is 14.2. The van der Waals surface area contributed by atoms with Crippen LogP contribution in [0.2, 0.25) is 0 Å². The van der Waals surface area contributed by atoms with Crippen LogP contribution >= 0.6 is 15.9 Å². The van der Waals surface area contributed by atoms with Gasteiger partial charge < -0.3 is 10.5 Å². The highest BCUT2D eigenvalue weighted by molar-refractivity contribution is 9.10. The van der Waals surface area contributed by atoms with Crippen LogP contribution < -0.4 is 10.5 Å². The van der Waals surface area contributed by atoms with Crippen molar-refractivity contribution in [2.45, 2.75) is 13.8 Å². The predicted octanol–water partition coefficient (Wildman–Crippen LogP) is 3.01. The highest BCUT2D eigenvalue weighted by atomic mass is 79.9. The molecule has 0 aliphatic rings. The minimum Gasteiger partial charge on any atom is -0.450 e. The van der Waals surface area contributed by atoms with Gasteiger partial charge in [0, 0.05) is 12.6 Å². The highest BCUT2D eigenvalue weighted by Crippen LogP contribution is 2.34. The lowest BCUT2D eigenvalue weighted by molar-refractivity contribution is 0.434. The molecule has 106 valence electrons. The minimum atomic E-state index is -0.597. The quantitative estimate of drug-likeness (QED) is 0.666. The third-order valence-electron chi connectivity index (χ3n) is 2.99. The van der Waals surface area contributed by atoms with Crippen molar-refractivity contribution in [1.82, 2.24) is 9.78 Å². The summed E-state index contributed by atoms with van der Waals surface area (Å²) in [6.07, 6.45) is 0. The van der Waals surface area contributed by atoms with Gasteiger partial charge in [-0.15, -0.1) is 0 Å². The summed E-state index contributed by atoms with van der Waals surface area (Å²) in [5, 5.41) is 11.6. The number of aromatic nitrogens is 2. The van der Waals surface area contributed by atoms with Gasteiger partial charge in [0.25, 0.3) is 0 Å². The second-order valence-electron chi connectivity index (χ2n) is 4.38. The Hall–Kier alpha value is -1.89. The van der Waals surface area contributed by atoms with Crippen molar-refractivity contribution in [3.63, 3.8) is 0 Å². The third kappa shape index (κ3) is 2.40. The van der Waals surface area contributed by atoms with Gasteiger partial charge in [-0.3, -0.25) is 10.1 Å². The molecule has 0 amide bonds. The molecular formula is C13H14BrFN4O. The zero-order valence-corrected chi connectivity index (χ0v) is 12.9. The molecule has 2 rings (SSSR count). The maximum atomic E-state index is 14.2. The van der Waals surface area contributed by atoms with E-state index in [1.165, 1.54) is 12.1 Å². The molecule has 0 fully saturated rings. The fourth-order valence-electron chi connectivity index (χ4n) is 1.83. The van der Waals surface area contributed by atoms with E-state index in [0.29, 0.717) is 11.4 Å². The van der Waals surface area contributed by atoms with Gasteiger partial charge >= 0.3 is 0 Å². The fourth-order valence-corrected chi connectivity index (χ4v) is 2.37. The molecule has 5 nitrogen and oxygen atoms in total.